The second-order valence-corrected chi connectivity index (χ2v) is 7.37. The van der Waals surface area contributed by atoms with Gasteiger partial charge in [-0.3, -0.25) is 9.59 Å². The number of aryl methyl sites for hydroxylation is 1. The summed E-state index contributed by atoms with van der Waals surface area (Å²) in [5.74, 6) is -0.312. The molecule has 27 heavy (non-hydrogen) atoms. The van der Waals surface area contributed by atoms with Gasteiger partial charge in [0.05, 0.1) is 6.54 Å². The van der Waals surface area contributed by atoms with Crippen LogP contribution in [0.25, 0.3) is 0 Å². The number of hydrogen-bond acceptors (Lipinski definition) is 2. The van der Waals surface area contributed by atoms with Gasteiger partial charge in [-0.2, -0.15) is 0 Å². The van der Waals surface area contributed by atoms with Gasteiger partial charge in [0, 0.05) is 23.3 Å². The summed E-state index contributed by atoms with van der Waals surface area (Å²) in [5, 5.41) is 5.46. The molecule has 0 aliphatic rings. The summed E-state index contributed by atoms with van der Waals surface area (Å²) in [4.78, 5) is 26.2. The van der Waals surface area contributed by atoms with Gasteiger partial charge in [0.15, 0.2) is 6.04 Å². The first kappa shape index (κ1) is 20.9. The maximum Gasteiger partial charge on any atom is 0.280 e. The number of rotatable bonds is 7. The Morgan fingerprint density at radius 3 is 2.44 bits per heavy atom. The van der Waals surface area contributed by atoms with Crippen LogP contribution in [-0.4, -0.2) is 36.3 Å². The fourth-order valence-electron chi connectivity index (χ4n) is 2.89. The van der Waals surface area contributed by atoms with Crippen molar-refractivity contribution in [2.45, 2.75) is 32.9 Å². The molecule has 6 heteroatoms. The number of nitrogens with zero attached hydrogens (tertiary/aromatic N) is 1. The summed E-state index contributed by atoms with van der Waals surface area (Å²) in [6, 6.07) is 14.9. The molecule has 2 aromatic carbocycles. The molecule has 144 valence electrons. The predicted octanol–water partition coefficient (Wildman–Crippen LogP) is 2.76. The largest absolute Gasteiger partial charge is 0.331 e. The minimum absolute atomic E-state index is 0.0104. The zero-order chi connectivity index (χ0) is 20.0. The van der Waals surface area contributed by atoms with E-state index < -0.39 is 0 Å². The molecule has 0 spiro atoms. The molecule has 0 radical (unpaired) electrons. The minimum atomic E-state index is -0.309. The van der Waals surface area contributed by atoms with Crippen LogP contribution in [0.1, 0.15) is 31.0 Å². The van der Waals surface area contributed by atoms with E-state index in [0.29, 0.717) is 5.02 Å². The molecule has 0 saturated heterocycles. The third kappa shape index (κ3) is 6.38. The van der Waals surface area contributed by atoms with Crippen molar-refractivity contribution in [1.29, 1.82) is 0 Å². The standard InChI is InChI=1S/C21H26ClN3O2/c1-14-8-10-19(11-9-14)24-20(26)13-25(4)21(27)16(3)23-15(2)17-6-5-7-18(22)12-17/h5-12,15-16,23H,13H2,1-4H3,(H,24,26)/p+1/t15-,16+/m0/s1. The highest BCUT2D eigenvalue weighted by atomic mass is 35.5. The van der Waals surface area contributed by atoms with E-state index in [-0.39, 0.29) is 30.4 Å². The van der Waals surface area contributed by atoms with Gasteiger partial charge >= 0.3 is 0 Å². The van der Waals surface area contributed by atoms with Crippen LogP contribution in [0.4, 0.5) is 5.69 Å². The molecule has 0 aliphatic heterocycles. The number of amides is 2. The number of carbonyl (C=O) groups is 2. The quantitative estimate of drug-likeness (QED) is 0.765. The van der Waals surface area contributed by atoms with Gasteiger partial charge < -0.3 is 15.5 Å². The summed E-state index contributed by atoms with van der Waals surface area (Å²) < 4.78 is 0. The summed E-state index contributed by atoms with van der Waals surface area (Å²) in [5.41, 5.74) is 2.90. The predicted molar refractivity (Wildman–Crippen MR) is 109 cm³/mol. The first-order valence-electron chi connectivity index (χ1n) is 8.98. The maximum absolute atomic E-state index is 12.6. The second-order valence-electron chi connectivity index (χ2n) is 6.93. The monoisotopic (exact) mass is 388 g/mol. The van der Waals surface area contributed by atoms with E-state index in [4.69, 9.17) is 11.6 Å². The van der Waals surface area contributed by atoms with Crippen LogP contribution in [0.3, 0.4) is 0 Å². The first-order valence-corrected chi connectivity index (χ1v) is 9.36. The molecule has 0 bridgehead atoms. The molecule has 3 N–H and O–H groups in total. The van der Waals surface area contributed by atoms with E-state index in [1.54, 1.807) is 7.05 Å². The SMILES string of the molecule is Cc1ccc(NC(=O)CN(C)C(=O)[C@@H](C)[NH2+][C@@H](C)c2cccc(Cl)c2)cc1. The van der Waals surface area contributed by atoms with Gasteiger partial charge in [0.25, 0.3) is 5.91 Å². The lowest BCUT2D eigenvalue weighted by molar-refractivity contribution is -0.710. The van der Waals surface area contributed by atoms with Crippen LogP contribution < -0.4 is 10.6 Å². The number of nitrogens with one attached hydrogen (secondary N) is 1. The lowest BCUT2D eigenvalue weighted by Gasteiger charge is -2.22. The Bertz CT molecular complexity index is 792. The first-order chi connectivity index (χ1) is 12.8. The smallest absolute Gasteiger partial charge is 0.280 e. The van der Waals surface area contributed by atoms with Gasteiger partial charge in [0.2, 0.25) is 5.91 Å². The van der Waals surface area contributed by atoms with Gasteiger partial charge in [-0.15, -0.1) is 0 Å². The fraction of sp³-hybridized carbons (Fsp3) is 0.333. The van der Waals surface area contributed by atoms with Crippen molar-refractivity contribution in [3.63, 3.8) is 0 Å². The van der Waals surface area contributed by atoms with Crippen LogP contribution >= 0.6 is 11.6 Å². The highest BCUT2D eigenvalue weighted by Crippen LogP contribution is 2.15. The number of carbonyl (C=O) groups excluding carboxylic acids is 2. The van der Waals surface area contributed by atoms with E-state index in [2.05, 4.69) is 5.32 Å². The third-order valence-corrected chi connectivity index (χ3v) is 4.67. The average molecular weight is 389 g/mol. The fourth-order valence-corrected chi connectivity index (χ4v) is 3.09. The molecule has 0 aliphatic carbocycles. The molecule has 0 fully saturated rings. The number of benzene rings is 2. The maximum atomic E-state index is 12.6. The Balaban J connectivity index is 1.87. The van der Waals surface area contributed by atoms with Crippen LogP contribution in [0.2, 0.25) is 5.02 Å². The summed E-state index contributed by atoms with van der Waals surface area (Å²) in [6.07, 6.45) is 0. The molecule has 0 aromatic heterocycles. The topological polar surface area (TPSA) is 66.0 Å². The second kappa shape index (κ2) is 9.53. The van der Waals surface area contributed by atoms with Crippen molar-refractivity contribution in [2.24, 2.45) is 0 Å². The summed E-state index contributed by atoms with van der Waals surface area (Å²) in [7, 11) is 1.64. The molecule has 2 aromatic rings. The number of anilines is 1. The van der Waals surface area contributed by atoms with Gasteiger partial charge in [-0.1, -0.05) is 41.4 Å². The van der Waals surface area contributed by atoms with E-state index in [1.165, 1.54) is 4.90 Å². The molecule has 2 atom stereocenters. The number of halogens is 1. The Morgan fingerprint density at radius 1 is 1.15 bits per heavy atom. The Labute approximate surface area is 165 Å². The van der Waals surface area contributed by atoms with Crippen molar-refractivity contribution in [2.75, 3.05) is 18.9 Å². The summed E-state index contributed by atoms with van der Waals surface area (Å²) in [6.45, 7) is 5.87. The van der Waals surface area contributed by atoms with Crippen molar-refractivity contribution in [3.05, 3.63) is 64.7 Å². The number of nitrogens with two attached hydrogens (primary N) is 1. The lowest BCUT2D eigenvalue weighted by atomic mass is 10.1. The van der Waals surface area contributed by atoms with E-state index in [0.717, 1.165) is 16.8 Å². The summed E-state index contributed by atoms with van der Waals surface area (Å²) >= 11 is 6.04. The molecule has 0 saturated carbocycles. The Morgan fingerprint density at radius 2 is 1.81 bits per heavy atom. The van der Waals surface area contributed by atoms with Crippen LogP contribution in [0.5, 0.6) is 0 Å². The van der Waals surface area contributed by atoms with E-state index in [9.17, 15) is 9.59 Å². The van der Waals surface area contributed by atoms with Crippen LogP contribution in [-0.2, 0) is 9.59 Å². The van der Waals surface area contributed by atoms with Gasteiger partial charge in [-0.25, -0.2) is 0 Å². The normalized spacial score (nSPS) is 12.9. The average Bonchev–Trinajstić information content (AvgIpc) is 2.62. The Hall–Kier alpha value is -2.37. The molecule has 2 amide bonds. The molecule has 0 heterocycles. The number of likely N-dealkylation sites (N-methyl/N-ethyl adjacent to an activating group) is 1. The van der Waals surface area contributed by atoms with Gasteiger partial charge in [-0.05, 0) is 45.0 Å². The van der Waals surface area contributed by atoms with Crippen LogP contribution in [0, 0.1) is 6.92 Å². The molecular weight excluding hydrogens is 362 g/mol. The zero-order valence-corrected chi connectivity index (χ0v) is 17.0. The molecule has 0 unspecified atom stereocenters. The highest BCUT2D eigenvalue weighted by Gasteiger charge is 2.24. The molecular formula is C21H27ClN3O2+. The minimum Gasteiger partial charge on any atom is -0.331 e. The molecule has 5 nitrogen and oxygen atoms in total. The van der Waals surface area contributed by atoms with E-state index in [1.807, 2.05) is 74.6 Å². The molecule has 2 rings (SSSR count). The Kier molecular flexibility index (Phi) is 7.39. The van der Waals surface area contributed by atoms with E-state index >= 15 is 0 Å². The van der Waals surface area contributed by atoms with Crippen molar-refractivity contribution in [1.82, 2.24) is 4.90 Å². The zero-order valence-electron chi connectivity index (χ0n) is 16.2. The van der Waals surface area contributed by atoms with Crippen molar-refractivity contribution >= 4 is 29.1 Å². The van der Waals surface area contributed by atoms with Crippen LogP contribution in [0.15, 0.2) is 48.5 Å². The highest BCUT2D eigenvalue weighted by molar-refractivity contribution is 6.30. The number of quaternary nitrogens is 1. The van der Waals surface area contributed by atoms with Gasteiger partial charge in [0.1, 0.15) is 6.04 Å². The lowest BCUT2D eigenvalue weighted by Crippen LogP contribution is -2.92. The van der Waals surface area contributed by atoms with Crippen molar-refractivity contribution in [3.8, 4) is 0 Å². The van der Waals surface area contributed by atoms with Crippen molar-refractivity contribution < 1.29 is 14.9 Å². The third-order valence-electron chi connectivity index (χ3n) is 4.43. The number of hydrogen-bond donors (Lipinski definition) is 2.